The largest absolute Gasteiger partial charge is 0.418 e. The lowest BCUT2D eigenvalue weighted by Crippen LogP contribution is -2.10. The first-order valence-corrected chi connectivity index (χ1v) is 22.7. The van der Waals surface area contributed by atoms with Gasteiger partial charge in [0.25, 0.3) is 0 Å². The topological polar surface area (TPSA) is 24.1 Å². The zero-order chi connectivity index (χ0) is 45.1. The maximum absolute atomic E-state index is 12.6. The van der Waals surface area contributed by atoms with E-state index in [0.29, 0.717) is 5.56 Å². The highest BCUT2D eigenvalue weighted by Gasteiger charge is 2.34. The number of benzene rings is 1. The van der Waals surface area contributed by atoms with E-state index in [2.05, 4.69) is 110 Å². The molecule has 4 rings (SSSR count). The van der Waals surface area contributed by atoms with E-state index in [9.17, 15) is 13.2 Å². The van der Waals surface area contributed by atoms with Gasteiger partial charge in [-0.25, -0.2) is 0 Å². The Morgan fingerprint density at radius 3 is 1.41 bits per heavy atom. The molecule has 1 aromatic rings. The second-order valence-corrected chi connectivity index (χ2v) is 13.4. The molecule has 0 saturated heterocycles. The van der Waals surface area contributed by atoms with Gasteiger partial charge in [-0.15, -0.1) is 19.6 Å². The van der Waals surface area contributed by atoms with Crippen LogP contribution in [0.3, 0.4) is 0 Å². The Bertz CT molecular complexity index is 933. The molecule has 5 heteroatoms. The Kier molecular flexibility index (Phi) is 72.2. The molecule has 2 fully saturated rings. The molecule has 2 saturated carbocycles. The van der Waals surface area contributed by atoms with E-state index in [1.807, 2.05) is 34.7 Å². The lowest BCUT2D eigenvalue weighted by Gasteiger charge is -2.15. The van der Waals surface area contributed by atoms with Crippen LogP contribution in [0.5, 0.6) is 0 Å². The van der Waals surface area contributed by atoms with E-state index in [4.69, 9.17) is 6.42 Å². The second kappa shape index (κ2) is 59.2. The number of hydrogen-bond donors (Lipinski definition) is 2. The first-order chi connectivity index (χ1) is 26.9. The molecule has 3 aliphatic carbocycles. The van der Waals surface area contributed by atoms with Crippen LogP contribution in [0.1, 0.15) is 222 Å². The summed E-state index contributed by atoms with van der Waals surface area (Å²) in [6.07, 6.45) is 32.5. The summed E-state index contributed by atoms with van der Waals surface area (Å²) in [4.78, 5) is 0. The molecule has 0 aliphatic heterocycles. The molecule has 2 N–H and O–H groups in total. The van der Waals surface area contributed by atoms with Crippen molar-refractivity contribution in [3.05, 3.63) is 65.8 Å². The Morgan fingerprint density at radius 2 is 1.16 bits per heavy atom. The lowest BCUT2D eigenvalue weighted by molar-refractivity contribution is -0.137. The van der Waals surface area contributed by atoms with Crippen LogP contribution in [-0.4, -0.2) is 20.6 Å². The monoisotopic (exact) mass is 797 g/mol. The summed E-state index contributed by atoms with van der Waals surface area (Å²) in [7, 11) is 3.40. The van der Waals surface area contributed by atoms with Gasteiger partial charge < -0.3 is 10.6 Å². The third-order valence-electron chi connectivity index (χ3n) is 7.35. The van der Waals surface area contributed by atoms with Crippen LogP contribution in [0.15, 0.2) is 49.1 Å². The molecule has 0 bridgehead atoms. The third-order valence-corrected chi connectivity index (χ3v) is 7.35. The highest BCUT2D eigenvalue weighted by atomic mass is 19.4. The van der Waals surface area contributed by atoms with Gasteiger partial charge in [-0.05, 0) is 50.4 Å². The smallest absolute Gasteiger partial charge is 0.387 e. The quantitative estimate of drug-likeness (QED) is 0.229. The number of halogens is 3. The fourth-order valence-corrected chi connectivity index (χ4v) is 4.96. The van der Waals surface area contributed by atoms with Crippen molar-refractivity contribution in [1.82, 2.24) is 5.32 Å². The van der Waals surface area contributed by atoms with Gasteiger partial charge in [0.15, 0.2) is 0 Å². The minimum absolute atomic E-state index is 0.0457. The molecule has 1 aromatic carbocycles. The third kappa shape index (κ3) is 53.7. The second-order valence-electron chi connectivity index (χ2n) is 13.4. The number of unbranched alkanes of at least 4 members (excludes halogenated alkanes) is 2. The molecule has 2 nitrogen and oxygen atoms in total. The Morgan fingerprint density at radius 1 is 0.750 bits per heavy atom. The van der Waals surface area contributed by atoms with Gasteiger partial charge in [0.05, 0.1) is 11.3 Å². The first kappa shape index (κ1) is 68.2. The standard InChI is InChI=1S/C11H10F3N.C8H13N.C7H14.C5H10.C5H12.3C3H8.2C2H6.C2H4/c1-4-8-5-7(2)6-9(10(8)15-3)11(12,13)14;1-9-7-8-5-3-2-4-6-8;1-7-5-3-2-4-6-7;1-2-4-5-3-1;1-3-5-4-2;3*1-3-2;3*1-2/h1,5-6,15H,2-3H3;2-3,5,9H,4,6-7H2,1H3;7H,2-6H2,1H3;1-5H2;3-5H2,1-2H3;3*3H2,1-2H3;2*1-2H3;1-2H2. The van der Waals surface area contributed by atoms with E-state index in [1.165, 1.54) is 128 Å². The van der Waals surface area contributed by atoms with E-state index in [1.54, 1.807) is 13.0 Å². The molecule has 0 spiro atoms. The van der Waals surface area contributed by atoms with Crippen LogP contribution >= 0.6 is 0 Å². The fourth-order valence-electron chi connectivity index (χ4n) is 4.96. The molecular weight excluding hydrogens is 698 g/mol. The fraction of sp³-hybridized carbons (Fsp3) is 0.725. The number of allylic oxidation sites excluding steroid dienone is 3. The normalized spacial score (nSPS) is 13.1. The van der Waals surface area contributed by atoms with Crippen LogP contribution < -0.4 is 10.6 Å². The maximum Gasteiger partial charge on any atom is 0.418 e. The van der Waals surface area contributed by atoms with Crippen molar-refractivity contribution in [2.45, 2.75) is 219 Å². The Balaban J connectivity index is -0.000000102. The molecule has 0 aromatic heterocycles. The van der Waals surface area contributed by atoms with Crippen molar-refractivity contribution in [1.29, 1.82) is 0 Å². The SMILES string of the molecule is C#Cc1cc(C)cc(C(F)(F)F)c1NC.C1CCCC1.C=C.CC.CC.CC1CCCCC1.CCC.CCC.CCC.CCCCC.CNCC1=CC=CCC1. The number of aryl methyl sites for hydroxylation is 1. The summed E-state index contributed by atoms with van der Waals surface area (Å²) in [6, 6.07) is 2.62. The minimum Gasteiger partial charge on any atom is -0.387 e. The average Bonchev–Trinajstić information content (AvgIpc) is 3.80. The zero-order valence-electron chi connectivity index (χ0n) is 40.5. The minimum atomic E-state index is -4.39. The molecule has 56 heavy (non-hydrogen) atoms. The summed E-state index contributed by atoms with van der Waals surface area (Å²) >= 11 is 0. The summed E-state index contributed by atoms with van der Waals surface area (Å²) in [5, 5.41) is 5.62. The molecule has 0 amide bonds. The van der Waals surface area contributed by atoms with Crippen molar-refractivity contribution in [2.24, 2.45) is 5.92 Å². The predicted molar refractivity (Wildman–Crippen MR) is 256 cm³/mol. The highest BCUT2D eigenvalue weighted by Crippen LogP contribution is 2.37. The van der Waals surface area contributed by atoms with Gasteiger partial charge in [0, 0.05) is 19.2 Å². The number of hydrogen-bond acceptors (Lipinski definition) is 2. The molecular formula is C51H99F3N2. The van der Waals surface area contributed by atoms with Crippen LogP contribution in [0.4, 0.5) is 18.9 Å². The Labute approximate surface area is 351 Å². The highest BCUT2D eigenvalue weighted by molar-refractivity contribution is 5.65. The van der Waals surface area contributed by atoms with Gasteiger partial charge in [0.2, 0.25) is 0 Å². The summed E-state index contributed by atoms with van der Waals surface area (Å²) < 4.78 is 37.9. The van der Waals surface area contributed by atoms with Gasteiger partial charge in [-0.2, -0.15) is 13.2 Å². The molecule has 0 heterocycles. The van der Waals surface area contributed by atoms with E-state index < -0.39 is 11.7 Å². The van der Waals surface area contributed by atoms with Crippen LogP contribution in [-0.2, 0) is 6.18 Å². The summed E-state index contributed by atoms with van der Waals surface area (Å²) in [5.41, 5.74) is 1.47. The van der Waals surface area contributed by atoms with Crippen molar-refractivity contribution in [3.63, 3.8) is 0 Å². The lowest BCUT2D eigenvalue weighted by atomic mass is 9.91. The number of alkyl halides is 3. The number of terminal acetylenes is 1. The summed E-state index contributed by atoms with van der Waals surface area (Å²) in [5.74, 6) is 3.27. The Hall–Kier alpha value is -2.45. The van der Waals surface area contributed by atoms with E-state index in [-0.39, 0.29) is 11.3 Å². The number of nitrogens with one attached hydrogen (secondary N) is 2. The number of likely N-dealkylation sites (N-methyl/N-ethyl adjacent to an activating group) is 1. The van der Waals surface area contributed by atoms with Gasteiger partial charge >= 0.3 is 6.18 Å². The van der Waals surface area contributed by atoms with Crippen molar-refractivity contribution in [2.75, 3.05) is 26.0 Å². The van der Waals surface area contributed by atoms with E-state index in [0.717, 1.165) is 18.5 Å². The number of anilines is 1. The van der Waals surface area contributed by atoms with Crippen LogP contribution in [0.2, 0.25) is 0 Å². The predicted octanol–water partition coefficient (Wildman–Crippen LogP) is 18.4. The van der Waals surface area contributed by atoms with Crippen LogP contribution in [0, 0.1) is 25.2 Å². The van der Waals surface area contributed by atoms with E-state index >= 15 is 0 Å². The molecule has 0 radical (unpaired) electrons. The molecule has 0 atom stereocenters. The van der Waals surface area contributed by atoms with Crippen LogP contribution in [0.25, 0.3) is 0 Å². The number of rotatable bonds is 5. The summed E-state index contributed by atoms with van der Waals surface area (Å²) in [6.45, 7) is 36.2. The molecule has 3 aliphatic rings. The van der Waals surface area contributed by atoms with Gasteiger partial charge in [0.1, 0.15) is 0 Å². The van der Waals surface area contributed by atoms with Crippen molar-refractivity contribution < 1.29 is 13.2 Å². The maximum atomic E-state index is 12.6. The van der Waals surface area contributed by atoms with Gasteiger partial charge in [-0.1, -0.05) is 222 Å². The zero-order valence-corrected chi connectivity index (χ0v) is 40.5. The first-order valence-electron chi connectivity index (χ1n) is 22.7. The van der Waals surface area contributed by atoms with Crippen molar-refractivity contribution >= 4 is 5.69 Å². The van der Waals surface area contributed by atoms with Crippen molar-refractivity contribution in [3.8, 4) is 12.3 Å². The van der Waals surface area contributed by atoms with Gasteiger partial charge in [-0.3, -0.25) is 0 Å². The molecule has 0 unspecified atom stereocenters. The molecule has 334 valence electrons. The average molecular weight is 797 g/mol.